The number of benzene rings is 3. The molecule has 4 N–H and O–H groups in total. The molecule has 186 valence electrons. The van der Waals surface area contributed by atoms with Gasteiger partial charge in [-0.1, -0.05) is 80.1 Å². The van der Waals surface area contributed by atoms with Crippen molar-refractivity contribution in [1.29, 1.82) is 0 Å². The highest BCUT2D eigenvalue weighted by molar-refractivity contribution is 6.38. The minimum Gasteiger partial charge on any atom is -0.504 e. The molecule has 0 fully saturated rings. The van der Waals surface area contributed by atoms with Crippen molar-refractivity contribution in [2.45, 2.75) is 38.8 Å². The second kappa shape index (κ2) is 12.9. The molecule has 36 heavy (non-hydrogen) atoms. The van der Waals surface area contributed by atoms with Crippen molar-refractivity contribution >= 4 is 23.7 Å². The average Bonchev–Trinajstić information content (AvgIpc) is 2.89. The van der Waals surface area contributed by atoms with E-state index < -0.39 is 23.6 Å². The minimum absolute atomic E-state index is 0.156. The largest absolute Gasteiger partial charge is 0.504 e. The van der Waals surface area contributed by atoms with Gasteiger partial charge in [-0.05, 0) is 41.3 Å². The molecule has 0 saturated carbocycles. The lowest BCUT2D eigenvalue weighted by Gasteiger charge is -2.19. The number of hydrogen-bond acceptors (Lipinski definition) is 5. The first-order valence-electron chi connectivity index (χ1n) is 11.8. The highest BCUT2D eigenvalue weighted by Crippen LogP contribution is 2.26. The van der Waals surface area contributed by atoms with Crippen LogP contribution in [0.25, 0.3) is 6.08 Å². The normalized spacial score (nSPS) is 12.0. The van der Waals surface area contributed by atoms with Crippen LogP contribution in [0.5, 0.6) is 11.5 Å². The molecule has 0 heterocycles. The summed E-state index contributed by atoms with van der Waals surface area (Å²) in [5.41, 5.74) is 2.57. The second-order valence-corrected chi connectivity index (χ2v) is 8.42. The molecule has 1 unspecified atom stereocenters. The number of ketones is 1. The summed E-state index contributed by atoms with van der Waals surface area (Å²) in [7, 11) is 0. The van der Waals surface area contributed by atoms with Crippen molar-refractivity contribution in [2.24, 2.45) is 0 Å². The number of carbonyl (C=O) groups excluding carboxylic acids is 3. The molecule has 0 radical (unpaired) electrons. The molecule has 2 amide bonds. The Bertz CT molecular complexity index is 1220. The first kappa shape index (κ1) is 26.2. The Balaban J connectivity index is 1.80. The van der Waals surface area contributed by atoms with E-state index in [-0.39, 0.29) is 24.5 Å². The fourth-order valence-electron chi connectivity index (χ4n) is 3.69. The molecule has 1 atom stereocenters. The van der Waals surface area contributed by atoms with Gasteiger partial charge in [-0.2, -0.15) is 0 Å². The SMILES string of the molecule is CCCC(=Cc1ccc(O)c(O)c1)C(=O)NC(Cc1ccccc1)C(=O)C(=O)NCc1ccccc1. The summed E-state index contributed by atoms with van der Waals surface area (Å²) in [5, 5.41) is 24.7. The maximum atomic E-state index is 13.2. The maximum Gasteiger partial charge on any atom is 0.289 e. The third-order valence-corrected chi connectivity index (χ3v) is 5.58. The van der Waals surface area contributed by atoms with E-state index in [1.165, 1.54) is 12.1 Å². The Morgan fingerprint density at radius 1 is 0.833 bits per heavy atom. The van der Waals surface area contributed by atoms with Crippen LogP contribution in [0, 0.1) is 0 Å². The average molecular weight is 487 g/mol. The van der Waals surface area contributed by atoms with Gasteiger partial charge in [-0.25, -0.2) is 0 Å². The number of carbonyl (C=O) groups is 3. The van der Waals surface area contributed by atoms with Gasteiger partial charge in [0.1, 0.15) is 6.04 Å². The van der Waals surface area contributed by atoms with E-state index in [0.29, 0.717) is 24.0 Å². The number of rotatable bonds is 11. The second-order valence-electron chi connectivity index (χ2n) is 8.42. The number of nitrogens with one attached hydrogen (secondary N) is 2. The smallest absolute Gasteiger partial charge is 0.289 e. The zero-order chi connectivity index (χ0) is 25.9. The van der Waals surface area contributed by atoms with Crippen LogP contribution in [-0.2, 0) is 27.3 Å². The van der Waals surface area contributed by atoms with Crippen molar-refractivity contribution in [3.63, 3.8) is 0 Å². The molecule has 0 bridgehead atoms. The number of amides is 2. The molecular formula is C29H30N2O5. The first-order valence-corrected chi connectivity index (χ1v) is 11.8. The molecular weight excluding hydrogens is 456 g/mol. The quantitative estimate of drug-likeness (QED) is 0.186. The van der Waals surface area contributed by atoms with Gasteiger partial charge in [0.15, 0.2) is 11.5 Å². The van der Waals surface area contributed by atoms with Gasteiger partial charge < -0.3 is 20.8 Å². The number of Topliss-reactive ketones (excluding diaryl/α,β-unsaturated/α-hetero) is 1. The Labute approximate surface area is 210 Å². The Hall–Kier alpha value is -4.39. The van der Waals surface area contributed by atoms with E-state index in [2.05, 4.69) is 10.6 Å². The molecule has 0 aliphatic carbocycles. The number of aromatic hydroxyl groups is 2. The summed E-state index contributed by atoms with van der Waals surface area (Å²) < 4.78 is 0. The summed E-state index contributed by atoms with van der Waals surface area (Å²) in [4.78, 5) is 39.0. The Morgan fingerprint density at radius 3 is 2.08 bits per heavy atom. The minimum atomic E-state index is -1.07. The van der Waals surface area contributed by atoms with Gasteiger partial charge in [0.2, 0.25) is 11.7 Å². The van der Waals surface area contributed by atoms with Gasteiger partial charge in [0.05, 0.1) is 0 Å². The van der Waals surface area contributed by atoms with Crippen LogP contribution in [0.3, 0.4) is 0 Å². The van der Waals surface area contributed by atoms with Gasteiger partial charge >= 0.3 is 0 Å². The van der Waals surface area contributed by atoms with E-state index in [1.54, 1.807) is 12.1 Å². The predicted octanol–water partition coefficient (Wildman–Crippen LogP) is 3.89. The van der Waals surface area contributed by atoms with Crippen LogP contribution in [0.4, 0.5) is 0 Å². The third kappa shape index (κ3) is 7.56. The fourth-order valence-corrected chi connectivity index (χ4v) is 3.69. The molecule has 0 aliphatic heterocycles. The van der Waals surface area contributed by atoms with Crippen molar-refractivity contribution < 1.29 is 24.6 Å². The van der Waals surface area contributed by atoms with Gasteiger partial charge in [-0.3, -0.25) is 14.4 Å². The fraction of sp³-hybridized carbons (Fsp3) is 0.207. The molecule has 3 rings (SSSR count). The zero-order valence-corrected chi connectivity index (χ0v) is 20.1. The van der Waals surface area contributed by atoms with Gasteiger partial charge in [0.25, 0.3) is 5.91 Å². The molecule has 0 spiro atoms. The van der Waals surface area contributed by atoms with Crippen LogP contribution in [-0.4, -0.2) is 33.9 Å². The highest BCUT2D eigenvalue weighted by Gasteiger charge is 2.28. The maximum absolute atomic E-state index is 13.2. The van der Waals surface area contributed by atoms with E-state index in [4.69, 9.17) is 0 Å². The molecule has 0 aromatic heterocycles. The first-order chi connectivity index (χ1) is 17.4. The molecule has 7 heteroatoms. The highest BCUT2D eigenvalue weighted by atomic mass is 16.3. The Kier molecular flexibility index (Phi) is 9.40. The lowest BCUT2D eigenvalue weighted by atomic mass is 10.00. The predicted molar refractivity (Wildman–Crippen MR) is 138 cm³/mol. The standard InChI is InChI=1S/C29H30N2O5/c1-2-9-23(16-22-14-15-25(32)26(33)18-22)28(35)31-24(17-20-10-5-3-6-11-20)27(34)29(36)30-19-21-12-7-4-8-13-21/h3-8,10-16,18,24,32-33H,2,9,17,19H2,1H3,(H,30,36)(H,31,35). The molecule has 7 nitrogen and oxygen atoms in total. The number of phenolic OH excluding ortho intramolecular Hbond substituents is 2. The third-order valence-electron chi connectivity index (χ3n) is 5.58. The van der Waals surface area contributed by atoms with E-state index in [0.717, 1.165) is 11.1 Å². The van der Waals surface area contributed by atoms with Crippen molar-refractivity contribution in [2.75, 3.05) is 0 Å². The van der Waals surface area contributed by atoms with Crippen molar-refractivity contribution in [3.8, 4) is 11.5 Å². The van der Waals surface area contributed by atoms with Gasteiger partial charge in [-0.15, -0.1) is 0 Å². The van der Waals surface area contributed by atoms with Crippen LogP contribution >= 0.6 is 0 Å². The van der Waals surface area contributed by atoms with E-state index in [9.17, 15) is 24.6 Å². The van der Waals surface area contributed by atoms with Crippen LogP contribution < -0.4 is 10.6 Å². The topological polar surface area (TPSA) is 116 Å². The lowest BCUT2D eigenvalue weighted by Crippen LogP contribution is -2.48. The van der Waals surface area contributed by atoms with Crippen molar-refractivity contribution in [1.82, 2.24) is 10.6 Å². The summed E-state index contributed by atoms with van der Waals surface area (Å²) in [6.07, 6.45) is 2.83. The van der Waals surface area contributed by atoms with E-state index in [1.807, 2.05) is 67.6 Å². The summed E-state index contributed by atoms with van der Waals surface area (Å²) in [6.45, 7) is 2.11. The van der Waals surface area contributed by atoms with Crippen LogP contribution in [0.2, 0.25) is 0 Å². The summed E-state index contributed by atoms with van der Waals surface area (Å²) >= 11 is 0. The molecule has 3 aromatic rings. The zero-order valence-electron chi connectivity index (χ0n) is 20.1. The molecule has 0 saturated heterocycles. The number of hydrogen-bond donors (Lipinski definition) is 4. The Morgan fingerprint density at radius 2 is 1.47 bits per heavy atom. The molecule has 0 aliphatic rings. The summed E-state index contributed by atoms with van der Waals surface area (Å²) in [5.74, 6) is -2.55. The lowest BCUT2D eigenvalue weighted by molar-refractivity contribution is -0.139. The van der Waals surface area contributed by atoms with Crippen molar-refractivity contribution in [3.05, 3.63) is 101 Å². The van der Waals surface area contributed by atoms with E-state index >= 15 is 0 Å². The summed E-state index contributed by atoms with van der Waals surface area (Å²) in [6, 6.07) is 21.6. The monoisotopic (exact) mass is 486 g/mol. The van der Waals surface area contributed by atoms with Crippen LogP contribution in [0.1, 0.15) is 36.5 Å². The van der Waals surface area contributed by atoms with Gasteiger partial charge in [0, 0.05) is 18.5 Å². The number of phenols is 2. The molecule has 3 aromatic carbocycles. The van der Waals surface area contributed by atoms with Crippen LogP contribution in [0.15, 0.2) is 84.4 Å².